The molecular formula is C21H14F2N2O3S. The number of para-hydroxylation sites is 2. The van der Waals surface area contributed by atoms with E-state index < -0.39 is 29.1 Å². The lowest BCUT2D eigenvalue weighted by atomic mass is 10.1. The van der Waals surface area contributed by atoms with Crippen molar-refractivity contribution in [3.63, 3.8) is 0 Å². The summed E-state index contributed by atoms with van der Waals surface area (Å²) in [4.78, 5) is 27.4. The number of benzene rings is 2. The molecule has 29 heavy (non-hydrogen) atoms. The van der Waals surface area contributed by atoms with Gasteiger partial charge in [-0.15, -0.1) is 11.3 Å². The highest BCUT2D eigenvalue weighted by Crippen LogP contribution is 2.37. The minimum absolute atomic E-state index is 0.0365. The average Bonchev–Trinajstić information content (AvgIpc) is 3.32. The van der Waals surface area contributed by atoms with E-state index >= 15 is 0 Å². The largest absolute Gasteiger partial charge is 0.495 e. The summed E-state index contributed by atoms with van der Waals surface area (Å²) in [5.41, 5.74) is 0.0674. The van der Waals surface area contributed by atoms with Crippen molar-refractivity contribution in [2.45, 2.75) is 0 Å². The Balaban J connectivity index is 1.84. The van der Waals surface area contributed by atoms with E-state index in [9.17, 15) is 18.4 Å². The second-order valence-corrected chi connectivity index (χ2v) is 7.04. The molecule has 5 nitrogen and oxygen atoms in total. The van der Waals surface area contributed by atoms with Crippen LogP contribution < -0.4 is 15.0 Å². The first kappa shape index (κ1) is 18.8. The summed E-state index contributed by atoms with van der Waals surface area (Å²) in [6.07, 6.45) is 0. The highest BCUT2D eigenvalue weighted by molar-refractivity contribution is 7.11. The van der Waals surface area contributed by atoms with Crippen LogP contribution in [-0.2, 0) is 9.59 Å². The monoisotopic (exact) mass is 412 g/mol. The van der Waals surface area contributed by atoms with Crippen LogP contribution in [0.1, 0.15) is 4.88 Å². The Labute approximate surface area is 168 Å². The molecule has 0 fully saturated rings. The van der Waals surface area contributed by atoms with E-state index in [4.69, 9.17) is 4.74 Å². The summed E-state index contributed by atoms with van der Waals surface area (Å²) >= 11 is 1.26. The van der Waals surface area contributed by atoms with Crippen LogP contribution >= 0.6 is 11.3 Å². The summed E-state index contributed by atoms with van der Waals surface area (Å²) in [5, 5.41) is 4.70. The van der Waals surface area contributed by atoms with Crippen LogP contribution in [0.5, 0.6) is 5.75 Å². The molecule has 3 aromatic rings. The van der Waals surface area contributed by atoms with E-state index in [0.717, 1.165) is 18.2 Å². The topological polar surface area (TPSA) is 58.6 Å². The van der Waals surface area contributed by atoms with Crippen LogP contribution in [0.15, 0.2) is 65.7 Å². The zero-order valence-electron chi connectivity index (χ0n) is 15.1. The number of carbonyl (C=O) groups excluding carboxylic acids is 2. The molecule has 1 aliphatic heterocycles. The van der Waals surface area contributed by atoms with Crippen LogP contribution in [0.2, 0.25) is 0 Å². The Hall–Kier alpha value is -3.52. The molecule has 0 bridgehead atoms. The number of carbonyl (C=O) groups is 2. The summed E-state index contributed by atoms with van der Waals surface area (Å²) in [6, 6.07) is 12.9. The minimum atomic E-state index is -0.878. The van der Waals surface area contributed by atoms with Gasteiger partial charge in [-0.3, -0.25) is 9.59 Å². The van der Waals surface area contributed by atoms with Crippen LogP contribution in [0, 0.1) is 11.6 Å². The Morgan fingerprint density at radius 3 is 2.52 bits per heavy atom. The van der Waals surface area contributed by atoms with Crippen LogP contribution in [-0.4, -0.2) is 18.9 Å². The molecule has 1 N–H and O–H groups in total. The molecule has 0 saturated heterocycles. The van der Waals surface area contributed by atoms with Gasteiger partial charge < -0.3 is 10.1 Å². The molecule has 0 atom stereocenters. The second kappa shape index (κ2) is 7.48. The third kappa shape index (κ3) is 3.27. The molecule has 4 rings (SSSR count). The molecule has 0 aliphatic carbocycles. The molecule has 2 aromatic carbocycles. The van der Waals surface area contributed by atoms with Gasteiger partial charge in [-0.1, -0.05) is 18.2 Å². The Morgan fingerprint density at radius 2 is 1.79 bits per heavy atom. The van der Waals surface area contributed by atoms with E-state index in [-0.39, 0.29) is 11.3 Å². The van der Waals surface area contributed by atoms with Gasteiger partial charge in [0.1, 0.15) is 23.1 Å². The number of hydrogen-bond acceptors (Lipinski definition) is 5. The smallest absolute Gasteiger partial charge is 0.282 e. The SMILES string of the molecule is COc1ccccc1NC1=C(c2cccs2)C(=O)N(c2cc(F)ccc2F)C1=O. The fourth-order valence-corrected chi connectivity index (χ4v) is 3.82. The molecule has 0 saturated carbocycles. The van der Waals surface area contributed by atoms with Crippen molar-refractivity contribution in [3.8, 4) is 5.75 Å². The molecule has 1 aromatic heterocycles. The predicted octanol–water partition coefficient (Wildman–Crippen LogP) is 4.43. The molecule has 2 amide bonds. The van der Waals surface area contributed by atoms with E-state index in [0.29, 0.717) is 21.2 Å². The Morgan fingerprint density at radius 1 is 1.00 bits per heavy atom. The molecule has 8 heteroatoms. The van der Waals surface area contributed by atoms with Crippen molar-refractivity contribution in [2.75, 3.05) is 17.3 Å². The van der Waals surface area contributed by atoms with Gasteiger partial charge in [-0.05, 0) is 35.7 Å². The normalized spacial score (nSPS) is 14.0. The zero-order chi connectivity index (χ0) is 20.5. The summed E-state index contributed by atoms with van der Waals surface area (Å²) in [7, 11) is 1.48. The first-order valence-corrected chi connectivity index (χ1v) is 9.41. The van der Waals surface area contributed by atoms with Crippen LogP contribution in [0.3, 0.4) is 0 Å². The third-order valence-corrected chi connectivity index (χ3v) is 5.25. The Bertz CT molecular complexity index is 1140. The lowest BCUT2D eigenvalue weighted by Crippen LogP contribution is -2.33. The number of ether oxygens (including phenoxy) is 1. The highest BCUT2D eigenvalue weighted by atomic mass is 32.1. The van der Waals surface area contributed by atoms with Gasteiger partial charge in [0, 0.05) is 10.9 Å². The number of thiophene rings is 1. The number of anilines is 2. The quantitative estimate of drug-likeness (QED) is 0.630. The van der Waals surface area contributed by atoms with Gasteiger partial charge in [-0.25, -0.2) is 13.7 Å². The molecule has 2 heterocycles. The van der Waals surface area contributed by atoms with E-state index in [1.54, 1.807) is 41.8 Å². The van der Waals surface area contributed by atoms with Crippen LogP contribution in [0.4, 0.5) is 20.2 Å². The maximum absolute atomic E-state index is 14.3. The fraction of sp³-hybridized carbons (Fsp3) is 0.0476. The number of amides is 2. The van der Waals surface area contributed by atoms with E-state index in [1.807, 2.05) is 0 Å². The molecule has 0 unspecified atom stereocenters. The maximum Gasteiger partial charge on any atom is 0.282 e. The third-order valence-electron chi connectivity index (χ3n) is 4.37. The first-order chi connectivity index (χ1) is 14.0. The van der Waals surface area contributed by atoms with Gasteiger partial charge in [0.05, 0.1) is 24.1 Å². The number of halogens is 2. The fourth-order valence-electron chi connectivity index (χ4n) is 3.05. The van der Waals surface area contributed by atoms with E-state index in [1.165, 1.54) is 18.4 Å². The number of imide groups is 1. The van der Waals surface area contributed by atoms with Gasteiger partial charge in [0.25, 0.3) is 11.8 Å². The van der Waals surface area contributed by atoms with Gasteiger partial charge >= 0.3 is 0 Å². The van der Waals surface area contributed by atoms with Gasteiger partial charge in [0.15, 0.2) is 0 Å². The highest BCUT2D eigenvalue weighted by Gasteiger charge is 2.42. The minimum Gasteiger partial charge on any atom is -0.495 e. The van der Waals surface area contributed by atoms with Crippen molar-refractivity contribution >= 4 is 40.1 Å². The molecule has 1 aliphatic rings. The molecule has 0 radical (unpaired) electrons. The van der Waals surface area contributed by atoms with Gasteiger partial charge in [-0.2, -0.15) is 0 Å². The first-order valence-electron chi connectivity index (χ1n) is 8.53. The molecular weight excluding hydrogens is 398 g/mol. The molecule has 0 spiro atoms. The number of hydrogen-bond donors (Lipinski definition) is 1. The number of rotatable bonds is 5. The van der Waals surface area contributed by atoms with Crippen molar-refractivity contribution in [1.29, 1.82) is 0 Å². The second-order valence-electron chi connectivity index (χ2n) is 6.09. The molecule has 146 valence electrons. The summed E-state index contributed by atoms with van der Waals surface area (Å²) in [5.74, 6) is -2.70. The summed E-state index contributed by atoms with van der Waals surface area (Å²) in [6.45, 7) is 0. The van der Waals surface area contributed by atoms with E-state index in [2.05, 4.69) is 5.32 Å². The number of methoxy groups -OCH3 is 1. The lowest BCUT2D eigenvalue weighted by molar-refractivity contribution is -0.120. The van der Waals surface area contributed by atoms with Crippen molar-refractivity contribution in [2.24, 2.45) is 0 Å². The van der Waals surface area contributed by atoms with Crippen molar-refractivity contribution in [3.05, 3.63) is 82.2 Å². The standard InChI is InChI=1S/C21H14F2N2O3S/c1-28-16-6-3-2-5-14(16)24-19-18(17-7-4-10-29-17)20(26)25(21(19)27)15-11-12(22)8-9-13(15)23/h2-11,24H,1H3. The summed E-state index contributed by atoms with van der Waals surface area (Å²) < 4.78 is 33.3. The predicted molar refractivity (Wildman–Crippen MR) is 107 cm³/mol. The average molecular weight is 412 g/mol. The van der Waals surface area contributed by atoms with Gasteiger partial charge in [0.2, 0.25) is 0 Å². The maximum atomic E-state index is 14.3. The van der Waals surface area contributed by atoms with Crippen molar-refractivity contribution < 1.29 is 23.1 Å². The number of nitrogens with zero attached hydrogens (tertiary/aromatic N) is 1. The van der Waals surface area contributed by atoms with Crippen LogP contribution in [0.25, 0.3) is 5.57 Å². The Kier molecular flexibility index (Phi) is 4.85. The van der Waals surface area contributed by atoms with Crippen molar-refractivity contribution in [1.82, 2.24) is 0 Å². The lowest BCUT2D eigenvalue weighted by Gasteiger charge is -2.16. The number of nitrogens with one attached hydrogen (secondary N) is 1. The zero-order valence-corrected chi connectivity index (χ0v) is 15.9.